The molecule has 1 atom stereocenters. The third-order valence-corrected chi connectivity index (χ3v) is 2.59. The summed E-state index contributed by atoms with van der Waals surface area (Å²) in [4.78, 5) is 15.8. The molecular weight excluding hydrogens is 180 g/mol. The molecule has 0 aromatic carbocycles. The van der Waals surface area contributed by atoms with E-state index < -0.39 is 0 Å². The molecule has 1 aromatic rings. The molecule has 0 aliphatic carbocycles. The third kappa shape index (κ3) is 1.82. The number of nitrogens with zero attached hydrogens (tertiary/aromatic N) is 3. The van der Waals surface area contributed by atoms with Crippen molar-refractivity contribution in [2.45, 2.75) is 25.3 Å². The van der Waals surface area contributed by atoms with Gasteiger partial charge in [0.15, 0.2) is 5.78 Å². The fraction of sp³-hybridized carbons (Fsp3) is 0.667. The number of carbonyl (C=O) groups is 1. The van der Waals surface area contributed by atoms with Gasteiger partial charge in [0.25, 0.3) is 0 Å². The predicted molar refractivity (Wildman–Crippen MR) is 50.7 cm³/mol. The molecule has 0 saturated carbocycles. The molecule has 1 aliphatic rings. The summed E-state index contributed by atoms with van der Waals surface area (Å²) in [6, 6.07) is 0.0340. The second-order valence-electron chi connectivity index (χ2n) is 3.59. The first kappa shape index (κ1) is 9.33. The fourth-order valence-electron chi connectivity index (χ4n) is 1.72. The van der Waals surface area contributed by atoms with Gasteiger partial charge in [-0.25, -0.2) is 4.98 Å². The molecule has 1 aromatic heterocycles. The Morgan fingerprint density at radius 1 is 1.79 bits per heavy atom. The molecule has 1 fully saturated rings. The van der Waals surface area contributed by atoms with Crippen LogP contribution in [0.15, 0.2) is 6.33 Å². The number of rotatable bonds is 3. The lowest BCUT2D eigenvalue weighted by atomic mass is 10.1. The maximum atomic E-state index is 11.7. The van der Waals surface area contributed by atoms with E-state index in [4.69, 9.17) is 0 Å². The molecule has 14 heavy (non-hydrogen) atoms. The van der Waals surface area contributed by atoms with Crippen LogP contribution < -0.4 is 5.32 Å². The van der Waals surface area contributed by atoms with Gasteiger partial charge in [-0.05, 0) is 19.4 Å². The second kappa shape index (κ2) is 3.88. The third-order valence-electron chi connectivity index (χ3n) is 2.59. The smallest absolute Gasteiger partial charge is 0.157 e. The van der Waals surface area contributed by atoms with E-state index in [1.54, 1.807) is 11.7 Å². The van der Waals surface area contributed by atoms with Gasteiger partial charge in [0.1, 0.15) is 12.2 Å². The molecule has 76 valence electrons. The molecular formula is C9H14N4O. The quantitative estimate of drug-likeness (QED) is 0.716. The van der Waals surface area contributed by atoms with E-state index in [1.807, 2.05) is 0 Å². The van der Waals surface area contributed by atoms with E-state index in [-0.39, 0.29) is 11.8 Å². The molecule has 0 bridgehead atoms. The number of aryl methyl sites for hydroxylation is 1. The molecule has 0 amide bonds. The average molecular weight is 194 g/mol. The van der Waals surface area contributed by atoms with E-state index in [1.165, 1.54) is 6.33 Å². The molecule has 1 unspecified atom stereocenters. The van der Waals surface area contributed by atoms with Crippen LogP contribution in [0.25, 0.3) is 0 Å². The minimum atomic E-state index is 0.0340. The van der Waals surface area contributed by atoms with Gasteiger partial charge in [-0.15, -0.1) is 0 Å². The monoisotopic (exact) mass is 194 g/mol. The van der Waals surface area contributed by atoms with Crippen LogP contribution >= 0.6 is 0 Å². The zero-order valence-corrected chi connectivity index (χ0v) is 8.23. The Labute approximate surface area is 82.5 Å². The number of hydrogen-bond donors (Lipinski definition) is 1. The number of aromatic nitrogens is 3. The Balaban J connectivity index is 1.97. The van der Waals surface area contributed by atoms with Gasteiger partial charge in [-0.3, -0.25) is 9.48 Å². The zero-order chi connectivity index (χ0) is 9.97. The SMILES string of the molecule is Cn1ncnc1CC(=O)C1CCCN1. The van der Waals surface area contributed by atoms with Crippen molar-refractivity contribution in [3.05, 3.63) is 12.2 Å². The van der Waals surface area contributed by atoms with Crippen molar-refractivity contribution in [3.63, 3.8) is 0 Å². The van der Waals surface area contributed by atoms with Crippen LogP contribution in [0.2, 0.25) is 0 Å². The van der Waals surface area contributed by atoms with E-state index in [9.17, 15) is 4.79 Å². The van der Waals surface area contributed by atoms with Crippen LogP contribution in [0.1, 0.15) is 18.7 Å². The lowest BCUT2D eigenvalue weighted by Gasteiger charge is -2.07. The molecule has 5 heteroatoms. The van der Waals surface area contributed by atoms with Gasteiger partial charge in [0.05, 0.1) is 12.5 Å². The predicted octanol–water partition coefficient (Wildman–Crippen LogP) is -0.321. The highest BCUT2D eigenvalue weighted by molar-refractivity contribution is 5.85. The lowest BCUT2D eigenvalue weighted by molar-refractivity contribution is -0.120. The molecule has 1 saturated heterocycles. The highest BCUT2D eigenvalue weighted by Gasteiger charge is 2.22. The summed E-state index contributed by atoms with van der Waals surface area (Å²) in [5.41, 5.74) is 0. The standard InChI is InChI=1S/C9H14N4O/c1-13-9(11-6-12-13)5-8(14)7-3-2-4-10-7/h6-7,10H,2-5H2,1H3. The highest BCUT2D eigenvalue weighted by atomic mass is 16.1. The number of Topliss-reactive ketones (excluding diaryl/α,β-unsaturated/α-hetero) is 1. The summed E-state index contributed by atoms with van der Waals surface area (Å²) in [7, 11) is 1.80. The van der Waals surface area contributed by atoms with Crippen LogP contribution in [0.3, 0.4) is 0 Å². The Bertz CT molecular complexity index is 327. The van der Waals surface area contributed by atoms with Crippen LogP contribution in [0, 0.1) is 0 Å². The number of nitrogens with one attached hydrogen (secondary N) is 1. The Kier molecular flexibility index (Phi) is 2.58. The zero-order valence-electron chi connectivity index (χ0n) is 8.23. The normalized spacial score (nSPS) is 21.4. The van der Waals surface area contributed by atoms with Gasteiger partial charge in [-0.2, -0.15) is 5.10 Å². The lowest BCUT2D eigenvalue weighted by Crippen LogP contribution is -2.32. The summed E-state index contributed by atoms with van der Waals surface area (Å²) >= 11 is 0. The minimum absolute atomic E-state index is 0.0340. The maximum absolute atomic E-state index is 11.7. The van der Waals surface area contributed by atoms with Crippen molar-refractivity contribution in [2.24, 2.45) is 7.05 Å². The first-order valence-corrected chi connectivity index (χ1v) is 4.86. The van der Waals surface area contributed by atoms with Crippen LogP contribution in [0.4, 0.5) is 0 Å². The van der Waals surface area contributed by atoms with E-state index in [2.05, 4.69) is 15.4 Å². The van der Waals surface area contributed by atoms with Gasteiger partial charge in [-0.1, -0.05) is 0 Å². The average Bonchev–Trinajstić information content (AvgIpc) is 2.77. The van der Waals surface area contributed by atoms with Crippen molar-refractivity contribution in [1.82, 2.24) is 20.1 Å². The second-order valence-corrected chi connectivity index (χ2v) is 3.59. The summed E-state index contributed by atoms with van der Waals surface area (Å²) in [5.74, 6) is 0.960. The first-order valence-electron chi connectivity index (χ1n) is 4.86. The highest BCUT2D eigenvalue weighted by Crippen LogP contribution is 2.08. The van der Waals surface area contributed by atoms with E-state index in [0.29, 0.717) is 6.42 Å². The topological polar surface area (TPSA) is 59.8 Å². The molecule has 2 heterocycles. The molecule has 0 spiro atoms. The molecule has 5 nitrogen and oxygen atoms in total. The van der Waals surface area contributed by atoms with Gasteiger partial charge >= 0.3 is 0 Å². The largest absolute Gasteiger partial charge is 0.307 e. The molecule has 1 N–H and O–H groups in total. The van der Waals surface area contributed by atoms with Crippen molar-refractivity contribution < 1.29 is 4.79 Å². The fourth-order valence-corrected chi connectivity index (χ4v) is 1.72. The molecule has 2 rings (SSSR count). The number of carbonyl (C=O) groups excluding carboxylic acids is 1. The van der Waals surface area contributed by atoms with E-state index >= 15 is 0 Å². The summed E-state index contributed by atoms with van der Waals surface area (Å²) in [5, 5.41) is 7.11. The first-order chi connectivity index (χ1) is 6.77. The van der Waals surface area contributed by atoms with E-state index in [0.717, 1.165) is 25.2 Å². The van der Waals surface area contributed by atoms with Crippen LogP contribution in [-0.4, -0.2) is 33.1 Å². The summed E-state index contributed by atoms with van der Waals surface area (Å²) in [6.07, 6.45) is 3.91. The minimum Gasteiger partial charge on any atom is -0.307 e. The Morgan fingerprint density at radius 3 is 3.21 bits per heavy atom. The van der Waals surface area contributed by atoms with Crippen molar-refractivity contribution in [3.8, 4) is 0 Å². The Hall–Kier alpha value is -1.23. The number of hydrogen-bond acceptors (Lipinski definition) is 4. The maximum Gasteiger partial charge on any atom is 0.157 e. The van der Waals surface area contributed by atoms with Gasteiger partial charge < -0.3 is 5.32 Å². The summed E-state index contributed by atoms with van der Waals surface area (Å²) in [6.45, 7) is 0.954. The molecule has 0 radical (unpaired) electrons. The summed E-state index contributed by atoms with van der Waals surface area (Å²) < 4.78 is 1.65. The van der Waals surface area contributed by atoms with Gasteiger partial charge in [0.2, 0.25) is 0 Å². The van der Waals surface area contributed by atoms with Crippen molar-refractivity contribution in [2.75, 3.05) is 6.54 Å². The molecule has 1 aliphatic heterocycles. The Morgan fingerprint density at radius 2 is 2.64 bits per heavy atom. The number of ketones is 1. The van der Waals surface area contributed by atoms with Crippen molar-refractivity contribution >= 4 is 5.78 Å². The van der Waals surface area contributed by atoms with Crippen molar-refractivity contribution in [1.29, 1.82) is 0 Å². The van der Waals surface area contributed by atoms with Crippen LogP contribution in [0.5, 0.6) is 0 Å². The van der Waals surface area contributed by atoms with Crippen LogP contribution in [-0.2, 0) is 18.3 Å². The van der Waals surface area contributed by atoms with Gasteiger partial charge in [0, 0.05) is 7.05 Å².